The van der Waals surface area contributed by atoms with Crippen LogP contribution in [0.25, 0.3) is 0 Å². The SMILES string of the molecule is CCN1C[C@]2(COC)CC[C@H](OC)[C@@]34[C@@H]2C[C@@H]([C@@H]13)[C@@]1(O)C(O)C[C@]2(O)C[C@@]4(O)[C@@H]1[C@H]2OC(=O)c1ccc(OC)cc1. The fourth-order valence-corrected chi connectivity index (χ4v) is 11.5. The van der Waals surface area contributed by atoms with Gasteiger partial charge < -0.3 is 39.4 Å². The second-order valence-corrected chi connectivity index (χ2v) is 13.7. The van der Waals surface area contributed by atoms with E-state index in [1.165, 1.54) is 7.11 Å². The van der Waals surface area contributed by atoms with Crippen LogP contribution < -0.4 is 4.74 Å². The second-order valence-electron chi connectivity index (χ2n) is 13.7. The molecule has 1 unspecified atom stereocenters. The number of carbonyl (C=O) groups is 1. The van der Waals surface area contributed by atoms with Crippen LogP contribution in [0, 0.1) is 28.6 Å². The van der Waals surface area contributed by atoms with Crippen molar-refractivity contribution >= 4 is 5.97 Å². The highest BCUT2D eigenvalue weighted by atomic mass is 16.6. The maximum atomic E-state index is 13.5. The number of methoxy groups -OCH3 is 3. The third-order valence-electron chi connectivity index (χ3n) is 12.6. The van der Waals surface area contributed by atoms with Crippen LogP contribution in [0.2, 0.25) is 0 Å². The lowest BCUT2D eigenvalue weighted by Gasteiger charge is -2.71. The summed E-state index contributed by atoms with van der Waals surface area (Å²) >= 11 is 0. The number of piperidine rings is 1. The molecule has 1 aromatic rings. The van der Waals surface area contributed by atoms with Crippen LogP contribution in [0.15, 0.2) is 24.3 Å². The summed E-state index contributed by atoms with van der Waals surface area (Å²) in [5.41, 5.74) is -6.04. The van der Waals surface area contributed by atoms with Crippen LogP contribution in [-0.2, 0) is 14.2 Å². The van der Waals surface area contributed by atoms with Crippen LogP contribution in [0.5, 0.6) is 5.75 Å². The van der Waals surface area contributed by atoms with E-state index in [4.69, 9.17) is 18.9 Å². The molecule has 0 radical (unpaired) electrons. The molecule has 5 saturated carbocycles. The number of aliphatic hydroxyl groups is 4. The van der Waals surface area contributed by atoms with E-state index in [0.29, 0.717) is 31.7 Å². The number of ether oxygens (including phenoxy) is 4. The molecule has 6 fully saturated rings. The largest absolute Gasteiger partial charge is 0.497 e. The summed E-state index contributed by atoms with van der Waals surface area (Å²) in [5, 5.41) is 49.9. The Morgan fingerprint density at radius 1 is 1.12 bits per heavy atom. The Kier molecular flexibility index (Phi) is 6.06. The van der Waals surface area contributed by atoms with E-state index in [-0.39, 0.29) is 41.9 Å². The minimum Gasteiger partial charge on any atom is -0.497 e. The number of hydrogen-bond donors (Lipinski definition) is 4. The topological polar surface area (TPSA) is 138 Å². The smallest absolute Gasteiger partial charge is 0.338 e. The van der Waals surface area contributed by atoms with Crippen molar-refractivity contribution in [2.45, 2.75) is 80.2 Å². The Bertz CT molecular complexity index is 1230. The first kappa shape index (κ1) is 28.0. The van der Waals surface area contributed by atoms with Gasteiger partial charge in [0.15, 0.2) is 0 Å². The second kappa shape index (κ2) is 8.87. The van der Waals surface area contributed by atoms with Gasteiger partial charge in [0.2, 0.25) is 0 Å². The number of esters is 1. The number of nitrogens with zero attached hydrogens (tertiary/aromatic N) is 1. The van der Waals surface area contributed by atoms with Crippen molar-refractivity contribution in [1.82, 2.24) is 4.90 Å². The van der Waals surface area contributed by atoms with Crippen molar-refractivity contribution in [1.29, 1.82) is 0 Å². The van der Waals surface area contributed by atoms with E-state index in [0.717, 1.165) is 13.0 Å². The number of carbonyl (C=O) groups excluding carboxylic acids is 1. The van der Waals surface area contributed by atoms with Crippen molar-refractivity contribution in [2.75, 3.05) is 41.0 Å². The summed E-state index contributed by atoms with van der Waals surface area (Å²) in [5.74, 6) is -1.65. The Morgan fingerprint density at radius 2 is 1.85 bits per heavy atom. The van der Waals surface area contributed by atoms with Gasteiger partial charge in [-0.25, -0.2) is 4.79 Å². The summed E-state index contributed by atoms with van der Waals surface area (Å²) in [6.45, 7) is 4.07. The number of fused-ring (bicyclic) bond motifs is 2. The molecule has 226 valence electrons. The van der Waals surface area contributed by atoms with Crippen LogP contribution in [0.4, 0.5) is 0 Å². The lowest BCUT2D eigenvalue weighted by Crippen LogP contribution is -2.83. The van der Waals surface area contributed by atoms with Gasteiger partial charge in [-0.2, -0.15) is 0 Å². The van der Waals surface area contributed by atoms with Crippen LogP contribution >= 0.6 is 0 Å². The molecule has 4 N–H and O–H groups in total. The van der Waals surface area contributed by atoms with E-state index < -0.39 is 52.2 Å². The zero-order valence-corrected chi connectivity index (χ0v) is 24.3. The minimum atomic E-state index is -1.77. The zero-order chi connectivity index (χ0) is 29.2. The number of benzene rings is 1. The third-order valence-corrected chi connectivity index (χ3v) is 12.6. The predicted octanol–water partition coefficient (Wildman–Crippen LogP) is 0.980. The minimum absolute atomic E-state index is 0.0708. The highest BCUT2D eigenvalue weighted by Crippen LogP contribution is 2.80. The molecule has 5 aliphatic carbocycles. The molecule has 1 heterocycles. The van der Waals surface area contributed by atoms with Gasteiger partial charge in [0.1, 0.15) is 23.1 Å². The highest BCUT2D eigenvalue weighted by Gasteiger charge is 2.91. The van der Waals surface area contributed by atoms with E-state index >= 15 is 0 Å². The molecule has 1 aliphatic heterocycles. The van der Waals surface area contributed by atoms with E-state index in [9.17, 15) is 25.2 Å². The van der Waals surface area contributed by atoms with E-state index in [2.05, 4.69) is 11.8 Å². The van der Waals surface area contributed by atoms with E-state index in [1.54, 1.807) is 38.5 Å². The monoisotopic (exact) mass is 573 g/mol. The van der Waals surface area contributed by atoms with Crippen molar-refractivity contribution in [3.63, 3.8) is 0 Å². The maximum absolute atomic E-state index is 13.5. The molecular formula is C31H43NO9. The van der Waals surface area contributed by atoms with Gasteiger partial charge in [0, 0.05) is 56.4 Å². The fourth-order valence-electron chi connectivity index (χ4n) is 11.5. The fraction of sp³-hybridized carbons (Fsp3) is 0.774. The number of rotatable bonds is 7. The first-order valence-electron chi connectivity index (χ1n) is 15.0. The standard InChI is InChI=1S/C31H43NO9/c1-5-32-15-27(16-38-2)11-10-22(40-4)30-20(27)12-19(24(30)32)31(37)21(33)13-28(35)14-29(30,36)23(31)25(28)41-26(34)17-6-8-18(39-3)9-7-17/h6-9,19-25,33,35-37H,5,10-16H2,1-4H3/t19-,20+,21?,22-,23-,24+,25+,27-,28-,29+,30-,31+/m0/s1. The van der Waals surface area contributed by atoms with Crippen molar-refractivity contribution in [3.8, 4) is 5.75 Å². The average molecular weight is 574 g/mol. The Balaban J connectivity index is 1.39. The van der Waals surface area contributed by atoms with Crippen molar-refractivity contribution in [2.24, 2.45) is 28.6 Å². The molecule has 7 rings (SSSR count). The van der Waals surface area contributed by atoms with Crippen molar-refractivity contribution in [3.05, 3.63) is 29.8 Å². The van der Waals surface area contributed by atoms with Gasteiger partial charge in [-0.1, -0.05) is 6.92 Å². The predicted molar refractivity (Wildman–Crippen MR) is 145 cm³/mol. The normalized spacial score (nSPS) is 51.0. The molecule has 0 amide bonds. The summed E-state index contributed by atoms with van der Waals surface area (Å²) in [6, 6.07) is 6.21. The lowest BCUT2D eigenvalue weighted by atomic mass is 9.41. The number of likely N-dealkylation sites (tertiary alicyclic amines) is 1. The summed E-state index contributed by atoms with van der Waals surface area (Å²) < 4.78 is 23.4. The van der Waals surface area contributed by atoms with Gasteiger partial charge in [0.05, 0.1) is 43.0 Å². The van der Waals surface area contributed by atoms with Gasteiger partial charge in [-0.3, -0.25) is 4.90 Å². The summed E-state index contributed by atoms with van der Waals surface area (Å²) in [7, 11) is 4.92. The summed E-state index contributed by atoms with van der Waals surface area (Å²) in [6.07, 6.45) is -0.999. The Labute approximate surface area is 240 Å². The molecule has 41 heavy (non-hydrogen) atoms. The zero-order valence-electron chi connectivity index (χ0n) is 24.3. The highest BCUT2D eigenvalue weighted by molar-refractivity contribution is 5.89. The van der Waals surface area contributed by atoms with E-state index in [1.807, 2.05) is 0 Å². The van der Waals surface area contributed by atoms with Crippen molar-refractivity contribution < 1.29 is 44.2 Å². The molecule has 1 saturated heterocycles. The first-order chi connectivity index (χ1) is 19.5. The van der Waals surface area contributed by atoms with Gasteiger partial charge in [-0.15, -0.1) is 0 Å². The lowest BCUT2D eigenvalue weighted by molar-refractivity contribution is -0.337. The summed E-state index contributed by atoms with van der Waals surface area (Å²) in [4.78, 5) is 15.8. The molecule has 1 aromatic carbocycles. The van der Waals surface area contributed by atoms with Gasteiger partial charge in [-0.05, 0) is 56.0 Å². The first-order valence-corrected chi connectivity index (χ1v) is 15.0. The Hall–Kier alpha value is -1.79. The molecule has 7 bridgehead atoms. The van der Waals surface area contributed by atoms with Gasteiger partial charge >= 0.3 is 5.97 Å². The molecule has 1 spiro atoms. The van der Waals surface area contributed by atoms with Gasteiger partial charge in [0.25, 0.3) is 0 Å². The maximum Gasteiger partial charge on any atom is 0.338 e. The third kappa shape index (κ3) is 3.10. The average Bonchev–Trinajstić information content (AvgIpc) is 3.33. The van der Waals surface area contributed by atoms with Crippen LogP contribution in [0.3, 0.4) is 0 Å². The quantitative estimate of drug-likeness (QED) is 0.349. The number of hydrogen-bond acceptors (Lipinski definition) is 10. The molecule has 0 aromatic heterocycles. The van der Waals surface area contributed by atoms with Crippen LogP contribution in [-0.4, -0.2) is 113 Å². The molecule has 10 heteroatoms. The number of aliphatic hydroxyl groups excluding tert-OH is 1. The molecular weight excluding hydrogens is 530 g/mol. The molecule has 10 nitrogen and oxygen atoms in total. The molecule has 6 aliphatic rings. The van der Waals surface area contributed by atoms with Crippen LogP contribution in [0.1, 0.15) is 49.4 Å². The molecule has 12 atom stereocenters. The Morgan fingerprint density at radius 3 is 2.49 bits per heavy atom.